The minimum atomic E-state index is -1.42. The average molecular weight is 535 g/mol. The van der Waals surface area contributed by atoms with Gasteiger partial charge in [-0.15, -0.1) is 0 Å². The van der Waals surface area contributed by atoms with Crippen molar-refractivity contribution < 1.29 is 53.0 Å². The van der Waals surface area contributed by atoms with Gasteiger partial charge in [0.15, 0.2) is 6.10 Å². The number of allylic oxidation sites excluding steroid dienone is 2. The molecule has 0 aromatic carbocycles. The zero-order valence-electron chi connectivity index (χ0n) is 21.5. The Bertz CT molecular complexity index is 1080. The summed E-state index contributed by atoms with van der Waals surface area (Å²) in [4.78, 5) is 37.8. The van der Waals surface area contributed by atoms with Crippen molar-refractivity contribution in [2.24, 2.45) is 16.7 Å². The molecule has 10 atom stereocenters. The number of aliphatic hydroxyl groups excluding tert-OH is 2. The number of fused-ring (bicyclic) bond motifs is 2. The Morgan fingerprint density at radius 2 is 1.74 bits per heavy atom. The highest BCUT2D eigenvalue weighted by Crippen LogP contribution is 2.75. The van der Waals surface area contributed by atoms with E-state index in [1.807, 2.05) is 6.92 Å². The summed E-state index contributed by atoms with van der Waals surface area (Å²) < 4.78 is 35.7. The fraction of sp³-hybridized carbons (Fsp3) is 0.741. The van der Waals surface area contributed by atoms with Crippen molar-refractivity contribution in [3.05, 3.63) is 24.3 Å². The summed E-state index contributed by atoms with van der Waals surface area (Å²) in [5.41, 5.74) is -3.06. The van der Waals surface area contributed by atoms with Crippen LogP contribution in [-0.2, 0) is 42.8 Å². The van der Waals surface area contributed by atoms with Crippen LogP contribution in [0.25, 0.3) is 0 Å². The van der Waals surface area contributed by atoms with E-state index in [0.717, 1.165) is 0 Å². The Hall–Kier alpha value is -2.31. The van der Waals surface area contributed by atoms with Crippen LogP contribution in [0.1, 0.15) is 39.5 Å². The van der Waals surface area contributed by atoms with E-state index in [2.05, 4.69) is 0 Å². The fourth-order valence-corrected chi connectivity index (χ4v) is 7.45. The molecule has 38 heavy (non-hydrogen) atoms. The van der Waals surface area contributed by atoms with Crippen molar-refractivity contribution >= 4 is 17.9 Å². The molecule has 0 aromatic rings. The van der Waals surface area contributed by atoms with Crippen LogP contribution in [0.2, 0.25) is 0 Å². The van der Waals surface area contributed by atoms with Crippen LogP contribution in [0, 0.1) is 16.7 Å². The Balaban J connectivity index is 1.38. The number of ether oxygens (including phenoxy) is 6. The smallest absolute Gasteiger partial charge is 0.335 e. The maximum Gasteiger partial charge on any atom is 0.335 e. The van der Waals surface area contributed by atoms with E-state index in [1.54, 1.807) is 6.92 Å². The third-order valence-electron chi connectivity index (χ3n) is 10.1. The van der Waals surface area contributed by atoms with Crippen LogP contribution >= 0.6 is 0 Å². The maximum absolute atomic E-state index is 13.0. The second-order valence-corrected chi connectivity index (χ2v) is 11.7. The van der Waals surface area contributed by atoms with Gasteiger partial charge in [-0.05, 0) is 25.2 Å². The van der Waals surface area contributed by atoms with Crippen LogP contribution in [0.15, 0.2) is 24.3 Å². The summed E-state index contributed by atoms with van der Waals surface area (Å²) in [6, 6.07) is 0. The van der Waals surface area contributed by atoms with Gasteiger partial charge in [-0.1, -0.05) is 26.0 Å². The maximum atomic E-state index is 13.0. The van der Waals surface area contributed by atoms with Crippen LogP contribution < -0.4 is 0 Å². The molecule has 5 fully saturated rings. The summed E-state index contributed by atoms with van der Waals surface area (Å²) in [7, 11) is 0. The van der Waals surface area contributed by atoms with Crippen LogP contribution in [-0.4, -0.2) is 96.3 Å². The summed E-state index contributed by atoms with van der Waals surface area (Å²) in [6.07, 6.45) is 3.53. The first-order valence-electron chi connectivity index (χ1n) is 13.3. The van der Waals surface area contributed by atoms with Crippen molar-refractivity contribution in [3.63, 3.8) is 0 Å². The quantitative estimate of drug-likeness (QED) is 0.272. The number of rotatable bonds is 1. The Morgan fingerprint density at radius 3 is 2.45 bits per heavy atom. The van der Waals surface area contributed by atoms with Gasteiger partial charge >= 0.3 is 17.9 Å². The Kier molecular flexibility index (Phi) is 6.04. The Labute approximate surface area is 220 Å². The number of epoxide rings is 2. The molecule has 6 rings (SSSR count). The number of carbonyl (C=O) groups is 3. The molecular weight excluding hydrogens is 500 g/mol. The van der Waals surface area contributed by atoms with E-state index in [-0.39, 0.29) is 32.3 Å². The molecular formula is C27H34O11. The summed E-state index contributed by atoms with van der Waals surface area (Å²) >= 11 is 0. The normalized spacial score (nSPS) is 51.8. The summed E-state index contributed by atoms with van der Waals surface area (Å²) in [6.45, 7) is 3.87. The second kappa shape index (κ2) is 8.85. The molecule has 2 bridgehead atoms. The van der Waals surface area contributed by atoms with Crippen molar-refractivity contribution in [2.45, 2.75) is 81.3 Å². The fourth-order valence-electron chi connectivity index (χ4n) is 7.45. The molecule has 0 amide bonds. The number of esters is 3. The lowest BCUT2D eigenvalue weighted by Gasteiger charge is -2.58. The predicted molar refractivity (Wildman–Crippen MR) is 126 cm³/mol. The second-order valence-electron chi connectivity index (χ2n) is 11.7. The van der Waals surface area contributed by atoms with Crippen molar-refractivity contribution in [3.8, 4) is 0 Å². The SMILES string of the molecule is CC1CCOC(=O)/C=C/C=C\C(=O)O[C@@H]2C[C@H]3O[C@@H]4[C@@H]5O[C@]5(CO)CC[C@]4(COC(=O)C1O)[C@]2(C)C31CO1. The molecule has 3 unspecified atom stereocenters. The lowest BCUT2D eigenvalue weighted by molar-refractivity contribution is -0.253. The molecule has 208 valence electrons. The number of carbonyl (C=O) groups excluding carboxylic acids is 3. The van der Waals surface area contributed by atoms with Crippen molar-refractivity contribution in [1.29, 1.82) is 0 Å². The highest BCUT2D eigenvalue weighted by Gasteiger charge is 2.87. The predicted octanol–water partition coefficient (Wildman–Crippen LogP) is 0.354. The van der Waals surface area contributed by atoms with E-state index < -0.39 is 70.3 Å². The van der Waals surface area contributed by atoms with Crippen molar-refractivity contribution in [2.75, 3.05) is 26.4 Å². The molecule has 0 radical (unpaired) electrons. The van der Waals surface area contributed by atoms with Crippen LogP contribution in [0.5, 0.6) is 0 Å². The van der Waals surface area contributed by atoms with Gasteiger partial charge in [0.1, 0.15) is 30.0 Å². The van der Waals surface area contributed by atoms with E-state index >= 15 is 0 Å². The molecule has 2 aliphatic carbocycles. The molecule has 4 heterocycles. The van der Waals surface area contributed by atoms with Gasteiger partial charge in [-0.25, -0.2) is 14.4 Å². The lowest BCUT2D eigenvalue weighted by atomic mass is 9.50. The molecule has 2 spiro atoms. The molecule has 6 aliphatic rings. The molecule has 3 saturated heterocycles. The zero-order chi connectivity index (χ0) is 26.9. The van der Waals surface area contributed by atoms with E-state index in [0.29, 0.717) is 25.9 Å². The van der Waals surface area contributed by atoms with E-state index in [1.165, 1.54) is 24.3 Å². The molecule has 11 heteroatoms. The third kappa shape index (κ3) is 3.55. The number of aliphatic hydroxyl groups is 2. The van der Waals surface area contributed by atoms with Gasteiger partial charge in [0.25, 0.3) is 0 Å². The number of cyclic esters (lactones) is 2. The van der Waals surface area contributed by atoms with Gasteiger partial charge in [-0.2, -0.15) is 0 Å². The largest absolute Gasteiger partial charge is 0.463 e. The minimum absolute atomic E-state index is 0.00352. The van der Waals surface area contributed by atoms with Crippen LogP contribution in [0.3, 0.4) is 0 Å². The summed E-state index contributed by atoms with van der Waals surface area (Å²) in [5.74, 6) is -2.51. The summed E-state index contributed by atoms with van der Waals surface area (Å²) in [5, 5.41) is 20.7. The zero-order valence-corrected chi connectivity index (χ0v) is 21.5. The standard InChI is InChI=1S/C27H34O11/c1-15-7-10-33-18(29)5-3-4-6-19(30)36-16-11-17-27(14-35-27)24(16,2)25(13-34-23(32)20(15)31)8-9-26(12-28)22(38-26)21(25)37-17/h3-6,15-17,20-22,28,31H,7-14H2,1-2H3/b5-3+,6-4-/t15?,16-,17-,20?,21-,22+,24-,25-,26+,27?/m1/s1. The van der Waals surface area contributed by atoms with Gasteiger partial charge < -0.3 is 38.6 Å². The topological polar surface area (TPSA) is 154 Å². The number of hydrogen-bond donors (Lipinski definition) is 2. The lowest BCUT2D eigenvalue weighted by Crippen LogP contribution is -2.69. The van der Waals surface area contributed by atoms with Gasteiger partial charge in [0.2, 0.25) is 0 Å². The van der Waals surface area contributed by atoms with Gasteiger partial charge in [0, 0.05) is 24.0 Å². The molecule has 2 saturated carbocycles. The molecule has 2 N–H and O–H groups in total. The third-order valence-corrected chi connectivity index (χ3v) is 10.1. The number of hydrogen-bond acceptors (Lipinski definition) is 11. The van der Waals surface area contributed by atoms with E-state index in [9.17, 15) is 24.6 Å². The molecule has 0 aromatic heterocycles. The molecule has 4 aliphatic heterocycles. The Morgan fingerprint density at radius 1 is 1.00 bits per heavy atom. The van der Waals surface area contributed by atoms with Gasteiger partial charge in [0.05, 0.1) is 37.4 Å². The first kappa shape index (κ1) is 25.9. The average Bonchev–Trinajstić information content (AvgIpc) is 3.81. The minimum Gasteiger partial charge on any atom is -0.463 e. The highest BCUT2D eigenvalue weighted by molar-refractivity contribution is 5.84. The highest BCUT2D eigenvalue weighted by atomic mass is 16.7. The van der Waals surface area contributed by atoms with E-state index in [4.69, 9.17) is 28.4 Å². The van der Waals surface area contributed by atoms with Crippen LogP contribution in [0.4, 0.5) is 0 Å². The first-order chi connectivity index (χ1) is 18.1. The van der Waals surface area contributed by atoms with Crippen molar-refractivity contribution in [1.82, 2.24) is 0 Å². The first-order valence-corrected chi connectivity index (χ1v) is 13.3. The monoisotopic (exact) mass is 534 g/mol. The van der Waals surface area contributed by atoms with Gasteiger partial charge in [-0.3, -0.25) is 0 Å². The molecule has 11 nitrogen and oxygen atoms in total.